The molecule has 1 amide bonds. The Morgan fingerprint density at radius 1 is 1.30 bits per heavy atom. The minimum atomic E-state index is 0.0997. The van der Waals surface area contributed by atoms with Crippen molar-refractivity contribution in [2.24, 2.45) is 5.92 Å². The van der Waals surface area contributed by atoms with Crippen LogP contribution in [0.5, 0.6) is 0 Å². The molecule has 1 aromatic carbocycles. The minimum absolute atomic E-state index is 0.0997. The maximum absolute atomic E-state index is 12.1. The van der Waals surface area contributed by atoms with Gasteiger partial charge in [-0.05, 0) is 43.9 Å². The largest absolute Gasteiger partial charge is 0.356 e. The molecule has 1 aliphatic rings. The molecule has 0 radical (unpaired) electrons. The van der Waals surface area contributed by atoms with Crippen molar-refractivity contribution in [1.29, 1.82) is 0 Å². The molecule has 1 aromatic heterocycles. The first kappa shape index (κ1) is 13.1. The molecule has 0 spiro atoms. The fourth-order valence-electron chi connectivity index (χ4n) is 3.03. The molecule has 1 atom stereocenters. The number of hydrogen-bond donors (Lipinski definition) is 1. The second-order valence-corrected chi connectivity index (χ2v) is 5.63. The van der Waals surface area contributed by atoms with E-state index in [9.17, 15) is 4.79 Å². The van der Waals surface area contributed by atoms with Crippen LogP contribution in [-0.2, 0) is 11.2 Å². The number of nitrogens with zero attached hydrogens (tertiary/aromatic N) is 1. The van der Waals surface area contributed by atoms with E-state index >= 15 is 0 Å². The lowest BCUT2D eigenvalue weighted by Crippen LogP contribution is -2.30. The zero-order chi connectivity index (χ0) is 13.9. The summed E-state index contributed by atoms with van der Waals surface area (Å²) < 4.78 is 0. The van der Waals surface area contributed by atoms with Crippen molar-refractivity contribution in [2.75, 3.05) is 6.54 Å². The normalized spacial score (nSPS) is 19.6. The molecule has 1 aliphatic heterocycles. The Morgan fingerprint density at radius 3 is 3.05 bits per heavy atom. The summed E-state index contributed by atoms with van der Waals surface area (Å²) in [6, 6.07) is 10.3. The topological polar surface area (TPSA) is 42.0 Å². The number of fused-ring (bicyclic) bond motifs is 1. The van der Waals surface area contributed by atoms with Gasteiger partial charge in [-0.3, -0.25) is 9.78 Å². The Hall–Kier alpha value is -1.90. The van der Waals surface area contributed by atoms with Gasteiger partial charge in [0, 0.05) is 23.5 Å². The van der Waals surface area contributed by atoms with Gasteiger partial charge in [0.2, 0.25) is 5.91 Å². The standard InChI is InChI=1S/C17H20N2O/c1-12-10-14(15-7-2-3-8-16(15)19-12)11-13-6-4-5-9-18-17(13)20/h2-3,7-8,10,13H,4-6,9,11H2,1H3,(H,18,20). The van der Waals surface area contributed by atoms with Crippen molar-refractivity contribution < 1.29 is 4.79 Å². The van der Waals surface area contributed by atoms with Crippen molar-refractivity contribution in [3.8, 4) is 0 Å². The third kappa shape index (κ3) is 2.67. The van der Waals surface area contributed by atoms with Crippen molar-refractivity contribution in [3.63, 3.8) is 0 Å². The van der Waals surface area contributed by atoms with Gasteiger partial charge in [0.25, 0.3) is 0 Å². The van der Waals surface area contributed by atoms with E-state index in [0.717, 1.165) is 43.4 Å². The molecule has 1 fully saturated rings. The van der Waals surface area contributed by atoms with Gasteiger partial charge in [-0.2, -0.15) is 0 Å². The number of benzene rings is 1. The second-order valence-electron chi connectivity index (χ2n) is 5.63. The van der Waals surface area contributed by atoms with Crippen LogP contribution in [0.25, 0.3) is 10.9 Å². The molecule has 0 aliphatic carbocycles. The van der Waals surface area contributed by atoms with Gasteiger partial charge in [0.1, 0.15) is 0 Å². The Balaban J connectivity index is 1.95. The molecule has 3 nitrogen and oxygen atoms in total. The average Bonchev–Trinajstić information content (AvgIpc) is 2.64. The lowest BCUT2D eigenvalue weighted by atomic mass is 9.92. The van der Waals surface area contributed by atoms with E-state index in [2.05, 4.69) is 22.4 Å². The first-order valence-corrected chi connectivity index (χ1v) is 7.37. The van der Waals surface area contributed by atoms with E-state index < -0.39 is 0 Å². The smallest absolute Gasteiger partial charge is 0.223 e. The molecule has 1 saturated heterocycles. The summed E-state index contributed by atoms with van der Waals surface area (Å²) in [7, 11) is 0. The average molecular weight is 268 g/mol. The molecular weight excluding hydrogens is 248 g/mol. The highest BCUT2D eigenvalue weighted by atomic mass is 16.1. The Bertz CT molecular complexity index is 636. The maximum Gasteiger partial charge on any atom is 0.223 e. The zero-order valence-corrected chi connectivity index (χ0v) is 11.9. The number of carbonyl (C=O) groups is 1. The first-order valence-electron chi connectivity index (χ1n) is 7.37. The highest BCUT2D eigenvalue weighted by molar-refractivity contribution is 5.84. The first-order chi connectivity index (χ1) is 9.74. The Morgan fingerprint density at radius 2 is 2.15 bits per heavy atom. The summed E-state index contributed by atoms with van der Waals surface area (Å²) in [6.45, 7) is 2.84. The summed E-state index contributed by atoms with van der Waals surface area (Å²) in [5, 5.41) is 4.20. The van der Waals surface area contributed by atoms with Crippen LogP contribution in [0.1, 0.15) is 30.5 Å². The fraction of sp³-hybridized carbons (Fsp3) is 0.412. The van der Waals surface area contributed by atoms with Gasteiger partial charge in [-0.15, -0.1) is 0 Å². The number of para-hydroxylation sites is 1. The number of aryl methyl sites for hydroxylation is 1. The Kier molecular flexibility index (Phi) is 3.68. The SMILES string of the molecule is Cc1cc(CC2CCCCNC2=O)c2ccccc2n1. The predicted molar refractivity (Wildman–Crippen MR) is 80.5 cm³/mol. The molecule has 0 bridgehead atoms. The number of amides is 1. The summed E-state index contributed by atoms with van der Waals surface area (Å²) >= 11 is 0. The van der Waals surface area contributed by atoms with Crippen molar-refractivity contribution in [1.82, 2.24) is 10.3 Å². The third-order valence-corrected chi connectivity index (χ3v) is 4.05. The number of rotatable bonds is 2. The van der Waals surface area contributed by atoms with Gasteiger partial charge < -0.3 is 5.32 Å². The van der Waals surface area contributed by atoms with Gasteiger partial charge in [0.15, 0.2) is 0 Å². The van der Waals surface area contributed by atoms with E-state index in [1.165, 1.54) is 10.9 Å². The van der Waals surface area contributed by atoms with E-state index in [1.54, 1.807) is 0 Å². The van der Waals surface area contributed by atoms with E-state index in [1.807, 2.05) is 25.1 Å². The van der Waals surface area contributed by atoms with E-state index in [4.69, 9.17) is 0 Å². The number of nitrogens with one attached hydrogen (secondary N) is 1. The summed E-state index contributed by atoms with van der Waals surface area (Å²) in [5.41, 5.74) is 3.29. The van der Waals surface area contributed by atoms with Gasteiger partial charge in [-0.25, -0.2) is 0 Å². The van der Waals surface area contributed by atoms with Crippen LogP contribution in [-0.4, -0.2) is 17.4 Å². The number of carbonyl (C=O) groups excluding carboxylic acids is 1. The maximum atomic E-state index is 12.1. The number of hydrogen-bond acceptors (Lipinski definition) is 2. The van der Waals surface area contributed by atoms with Crippen LogP contribution in [0.15, 0.2) is 30.3 Å². The highest BCUT2D eigenvalue weighted by Gasteiger charge is 2.21. The molecule has 3 rings (SSSR count). The number of pyridine rings is 1. The molecule has 0 saturated carbocycles. The van der Waals surface area contributed by atoms with Crippen LogP contribution >= 0.6 is 0 Å². The lowest BCUT2D eigenvalue weighted by Gasteiger charge is -2.15. The minimum Gasteiger partial charge on any atom is -0.356 e. The third-order valence-electron chi connectivity index (χ3n) is 4.05. The monoisotopic (exact) mass is 268 g/mol. The Labute approximate surface area is 119 Å². The summed E-state index contributed by atoms with van der Waals surface area (Å²) in [6.07, 6.45) is 4.03. The van der Waals surface area contributed by atoms with Crippen LogP contribution in [0.4, 0.5) is 0 Å². The molecule has 1 unspecified atom stereocenters. The van der Waals surface area contributed by atoms with Crippen molar-refractivity contribution in [2.45, 2.75) is 32.6 Å². The van der Waals surface area contributed by atoms with Crippen LogP contribution in [0, 0.1) is 12.8 Å². The van der Waals surface area contributed by atoms with Crippen molar-refractivity contribution >= 4 is 16.8 Å². The molecular formula is C17H20N2O. The summed E-state index contributed by atoms with van der Waals surface area (Å²) in [5.74, 6) is 0.309. The lowest BCUT2D eigenvalue weighted by molar-refractivity contribution is -0.124. The van der Waals surface area contributed by atoms with Gasteiger partial charge in [0.05, 0.1) is 5.52 Å². The molecule has 20 heavy (non-hydrogen) atoms. The number of aromatic nitrogens is 1. The van der Waals surface area contributed by atoms with Crippen LogP contribution in [0.3, 0.4) is 0 Å². The van der Waals surface area contributed by atoms with Gasteiger partial charge >= 0.3 is 0 Å². The van der Waals surface area contributed by atoms with E-state index in [0.29, 0.717) is 0 Å². The van der Waals surface area contributed by atoms with E-state index in [-0.39, 0.29) is 11.8 Å². The van der Waals surface area contributed by atoms with Gasteiger partial charge in [-0.1, -0.05) is 24.6 Å². The quantitative estimate of drug-likeness (QED) is 0.909. The highest BCUT2D eigenvalue weighted by Crippen LogP contribution is 2.24. The van der Waals surface area contributed by atoms with Crippen molar-refractivity contribution in [3.05, 3.63) is 41.6 Å². The second kappa shape index (κ2) is 5.61. The molecule has 3 heteroatoms. The summed E-state index contributed by atoms with van der Waals surface area (Å²) in [4.78, 5) is 16.7. The fourth-order valence-corrected chi connectivity index (χ4v) is 3.03. The zero-order valence-electron chi connectivity index (χ0n) is 11.9. The predicted octanol–water partition coefficient (Wildman–Crippen LogP) is 3.00. The molecule has 2 aromatic rings. The van der Waals surface area contributed by atoms with Crippen LogP contribution in [0.2, 0.25) is 0 Å². The van der Waals surface area contributed by atoms with Crippen LogP contribution < -0.4 is 5.32 Å². The molecule has 2 heterocycles. The molecule has 104 valence electrons. The molecule has 1 N–H and O–H groups in total.